The fourth-order valence-corrected chi connectivity index (χ4v) is 1.92. The van der Waals surface area contributed by atoms with E-state index in [9.17, 15) is 0 Å². The summed E-state index contributed by atoms with van der Waals surface area (Å²) in [7, 11) is 0. The van der Waals surface area contributed by atoms with Crippen LogP contribution in [0.4, 0.5) is 5.69 Å². The number of benzene rings is 1. The van der Waals surface area contributed by atoms with Crippen LogP contribution in [0.3, 0.4) is 0 Å². The quantitative estimate of drug-likeness (QED) is 0.746. The standard InChI is InChI=1S/C9H9ClN2S/c1-13-12-8-4-2-3-6-7(10)5-11-9(6)8/h2-5,11-12H,1H3. The van der Waals surface area contributed by atoms with Gasteiger partial charge in [0.25, 0.3) is 0 Å². The minimum atomic E-state index is 0.764. The van der Waals surface area contributed by atoms with Crippen molar-refractivity contribution in [2.45, 2.75) is 0 Å². The van der Waals surface area contributed by atoms with Crippen LogP contribution < -0.4 is 4.72 Å². The van der Waals surface area contributed by atoms with Gasteiger partial charge in [-0.1, -0.05) is 35.7 Å². The Morgan fingerprint density at radius 1 is 1.46 bits per heavy atom. The van der Waals surface area contributed by atoms with E-state index in [0.717, 1.165) is 21.6 Å². The minimum Gasteiger partial charge on any atom is -0.358 e. The first kappa shape index (κ1) is 8.78. The average Bonchev–Trinajstić information content (AvgIpc) is 2.50. The predicted octanol–water partition coefficient (Wildman–Crippen LogP) is 3.51. The van der Waals surface area contributed by atoms with Crippen LogP contribution in [0.25, 0.3) is 10.9 Å². The molecule has 68 valence electrons. The van der Waals surface area contributed by atoms with Gasteiger partial charge < -0.3 is 9.71 Å². The maximum atomic E-state index is 5.98. The van der Waals surface area contributed by atoms with E-state index in [1.54, 1.807) is 18.1 Å². The number of hydrogen-bond donors (Lipinski definition) is 2. The average molecular weight is 213 g/mol. The third kappa shape index (κ3) is 1.49. The number of rotatable bonds is 2. The summed E-state index contributed by atoms with van der Waals surface area (Å²) >= 11 is 7.54. The zero-order chi connectivity index (χ0) is 9.26. The number of nitrogens with one attached hydrogen (secondary N) is 2. The minimum absolute atomic E-state index is 0.764. The number of fused-ring (bicyclic) bond motifs is 1. The van der Waals surface area contributed by atoms with Crippen LogP contribution >= 0.6 is 23.5 Å². The van der Waals surface area contributed by atoms with E-state index in [0.29, 0.717) is 0 Å². The van der Waals surface area contributed by atoms with Crippen molar-refractivity contribution in [3.63, 3.8) is 0 Å². The van der Waals surface area contributed by atoms with E-state index in [2.05, 4.69) is 9.71 Å². The van der Waals surface area contributed by atoms with Gasteiger partial charge in [-0.3, -0.25) is 0 Å². The molecule has 0 saturated carbocycles. The van der Waals surface area contributed by atoms with Gasteiger partial charge in [0.1, 0.15) is 0 Å². The van der Waals surface area contributed by atoms with Gasteiger partial charge in [0.2, 0.25) is 0 Å². The monoisotopic (exact) mass is 212 g/mol. The highest BCUT2D eigenvalue weighted by Crippen LogP contribution is 2.29. The molecule has 0 bridgehead atoms. The molecule has 0 amide bonds. The number of para-hydroxylation sites is 1. The molecule has 0 aliphatic rings. The molecular formula is C9H9ClN2S. The Balaban J connectivity index is 2.63. The van der Waals surface area contributed by atoms with Crippen molar-refractivity contribution in [3.8, 4) is 0 Å². The Labute approximate surface area is 85.8 Å². The molecule has 0 spiro atoms. The molecule has 0 saturated heterocycles. The van der Waals surface area contributed by atoms with Gasteiger partial charge in [0, 0.05) is 17.8 Å². The largest absolute Gasteiger partial charge is 0.358 e. The third-order valence-electron chi connectivity index (χ3n) is 1.88. The molecular weight excluding hydrogens is 204 g/mol. The highest BCUT2D eigenvalue weighted by atomic mass is 35.5. The summed E-state index contributed by atoms with van der Waals surface area (Å²) in [5.41, 5.74) is 2.12. The number of aromatic amines is 1. The Hall–Kier alpha value is -0.800. The first-order valence-electron chi connectivity index (χ1n) is 3.87. The van der Waals surface area contributed by atoms with Crippen LogP contribution in [0.1, 0.15) is 0 Å². The number of H-pyrrole nitrogens is 1. The van der Waals surface area contributed by atoms with E-state index in [-0.39, 0.29) is 0 Å². The Morgan fingerprint density at radius 3 is 3.08 bits per heavy atom. The van der Waals surface area contributed by atoms with Crippen molar-refractivity contribution in [2.24, 2.45) is 0 Å². The van der Waals surface area contributed by atoms with Gasteiger partial charge in [-0.15, -0.1) is 0 Å². The number of aromatic nitrogens is 1. The van der Waals surface area contributed by atoms with Gasteiger partial charge >= 0.3 is 0 Å². The zero-order valence-corrected chi connectivity index (χ0v) is 8.67. The van der Waals surface area contributed by atoms with Gasteiger partial charge in [-0.25, -0.2) is 0 Å². The molecule has 0 radical (unpaired) electrons. The van der Waals surface area contributed by atoms with Crippen molar-refractivity contribution in [3.05, 3.63) is 29.4 Å². The smallest absolute Gasteiger partial charge is 0.0713 e. The molecule has 2 aromatic rings. The van der Waals surface area contributed by atoms with E-state index >= 15 is 0 Å². The third-order valence-corrected chi connectivity index (χ3v) is 2.61. The molecule has 0 unspecified atom stereocenters. The lowest BCUT2D eigenvalue weighted by atomic mass is 10.2. The lowest BCUT2D eigenvalue weighted by Crippen LogP contribution is -1.85. The molecule has 0 aliphatic carbocycles. The second kappa shape index (κ2) is 3.52. The maximum Gasteiger partial charge on any atom is 0.0713 e. The highest BCUT2D eigenvalue weighted by Gasteiger charge is 2.04. The predicted molar refractivity (Wildman–Crippen MR) is 60.4 cm³/mol. The van der Waals surface area contributed by atoms with E-state index in [4.69, 9.17) is 11.6 Å². The van der Waals surface area contributed by atoms with Crippen molar-refractivity contribution >= 4 is 40.1 Å². The second-order valence-electron chi connectivity index (χ2n) is 2.67. The van der Waals surface area contributed by atoms with Gasteiger partial charge in [-0.05, 0) is 6.07 Å². The fourth-order valence-electron chi connectivity index (χ4n) is 1.32. The highest BCUT2D eigenvalue weighted by molar-refractivity contribution is 7.99. The van der Waals surface area contributed by atoms with Crippen LogP contribution in [0.15, 0.2) is 24.4 Å². The van der Waals surface area contributed by atoms with Gasteiger partial charge in [-0.2, -0.15) is 0 Å². The van der Waals surface area contributed by atoms with Crippen molar-refractivity contribution in [2.75, 3.05) is 11.0 Å². The molecule has 4 heteroatoms. The Kier molecular flexibility index (Phi) is 2.38. The molecule has 2 nitrogen and oxygen atoms in total. The van der Waals surface area contributed by atoms with E-state index in [1.165, 1.54) is 0 Å². The lowest BCUT2D eigenvalue weighted by Gasteiger charge is -2.02. The molecule has 2 rings (SSSR count). The van der Waals surface area contributed by atoms with Crippen LogP contribution in [0.2, 0.25) is 5.02 Å². The number of hydrogen-bond acceptors (Lipinski definition) is 2. The molecule has 1 aromatic carbocycles. The summed E-state index contributed by atoms with van der Waals surface area (Å²) in [5.74, 6) is 0. The number of halogens is 1. The molecule has 1 aromatic heterocycles. The van der Waals surface area contributed by atoms with Crippen LogP contribution in [-0.2, 0) is 0 Å². The topological polar surface area (TPSA) is 27.8 Å². The van der Waals surface area contributed by atoms with E-state index < -0.39 is 0 Å². The van der Waals surface area contributed by atoms with E-state index in [1.807, 2.05) is 24.5 Å². The van der Waals surface area contributed by atoms with Crippen LogP contribution in [-0.4, -0.2) is 11.2 Å². The Morgan fingerprint density at radius 2 is 2.31 bits per heavy atom. The lowest BCUT2D eigenvalue weighted by molar-refractivity contribution is 1.48. The first-order chi connectivity index (χ1) is 6.33. The Bertz CT molecular complexity index is 424. The van der Waals surface area contributed by atoms with Crippen molar-refractivity contribution < 1.29 is 0 Å². The van der Waals surface area contributed by atoms with Crippen LogP contribution in [0.5, 0.6) is 0 Å². The molecule has 2 N–H and O–H groups in total. The summed E-state index contributed by atoms with van der Waals surface area (Å²) in [5, 5.41) is 1.82. The SMILES string of the molecule is CSNc1cccc2c(Cl)c[nH]c12. The van der Waals surface area contributed by atoms with Gasteiger partial charge in [0.15, 0.2) is 0 Å². The van der Waals surface area contributed by atoms with Crippen molar-refractivity contribution in [1.82, 2.24) is 4.98 Å². The summed E-state index contributed by atoms with van der Waals surface area (Å²) in [4.78, 5) is 3.13. The summed E-state index contributed by atoms with van der Waals surface area (Å²) < 4.78 is 3.19. The molecule has 13 heavy (non-hydrogen) atoms. The first-order valence-corrected chi connectivity index (χ1v) is 5.48. The van der Waals surface area contributed by atoms with Gasteiger partial charge in [0.05, 0.1) is 16.2 Å². The normalized spacial score (nSPS) is 10.6. The molecule has 0 atom stereocenters. The molecule has 1 heterocycles. The fraction of sp³-hybridized carbons (Fsp3) is 0.111. The van der Waals surface area contributed by atoms with Crippen molar-refractivity contribution in [1.29, 1.82) is 0 Å². The second-order valence-corrected chi connectivity index (χ2v) is 3.69. The summed E-state index contributed by atoms with van der Waals surface area (Å²) in [6, 6.07) is 6.01. The van der Waals surface area contributed by atoms with Crippen LogP contribution in [0, 0.1) is 0 Å². The maximum absolute atomic E-state index is 5.98. The summed E-state index contributed by atoms with van der Waals surface area (Å²) in [6.07, 6.45) is 3.79. The molecule has 0 aliphatic heterocycles. The zero-order valence-electron chi connectivity index (χ0n) is 7.10. The number of anilines is 1. The summed E-state index contributed by atoms with van der Waals surface area (Å²) in [6.45, 7) is 0. The molecule has 0 fully saturated rings.